The van der Waals surface area contributed by atoms with Crippen molar-refractivity contribution in [2.24, 2.45) is 5.92 Å². The molecule has 1 fully saturated rings. The lowest BCUT2D eigenvalue weighted by atomic mass is 9.91. The van der Waals surface area contributed by atoms with Crippen molar-refractivity contribution in [1.82, 2.24) is 0 Å². The molecule has 1 saturated heterocycles. The number of aliphatic hydroxyl groups excluding tert-OH is 1. The highest BCUT2D eigenvalue weighted by Crippen LogP contribution is 2.24. The van der Waals surface area contributed by atoms with E-state index in [0.717, 1.165) is 25.9 Å². The van der Waals surface area contributed by atoms with Crippen LogP contribution in [0.4, 0.5) is 0 Å². The van der Waals surface area contributed by atoms with Gasteiger partial charge in [0.2, 0.25) is 0 Å². The van der Waals surface area contributed by atoms with E-state index in [0.29, 0.717) is 18.6 Å². The van der Waals surface area contributed by atoms with E-state index in [2.05, 4.69) is 6.92 Å². The van der Waals surface area contributed by atoms with Gasteiger partial charge in [0.15, 0.2) is 0 Å². The molecule has 0 bridgehead atoms. The minimum atomic E-state index is 0.305. The Labute approximate surface area is 94.0 Å². The minimum absolute atomic E-state index is 0.305. The Morgan fingerprint density at radius 1 is 1.20 bits per heavy atom. The number of hydrogen-bond acceptors (Lipinski definition) is 2. The van der Waals surface area contributed by atoms with Gasteiger partial charge < -0.3 is 9.84 Å². The molecule has 0 aromatic rings. The summed E-state index contributed by atoms with van der Waals surface area (Å²) in [6.07, 6.45) is 10.4. The summed E-state index contributed by atoms with van der Waals surface area (Å²) in [6, 6.07) is 0. The Morgan fingerprint density at radius 2 is 2.00 bits per heavy atom. The Kier molecular flexibility index (Phi) is 7.03. The van der Waals surface area contributed by atoms with Crippen LogP contribution < -0.4 is 0 Å². The molecule has 0 spiro atoms. The van der Waals surface area contributed by atoms with Gasteiger partial charge in [-0.15, -0.1) is 0 Å². The van der Waals surface area contributed by atoms with Gasteiger partial charge in [-0.1, -0.05) is 39.0 Å². The smallest absolute Gasteiger partial charge is 0.0625 e. The predicted molar refractivity (Wildman–Crippen MR) is 62.9 cm³/mol. The van der Waals surface area contributed by atoms with E-state index >= 15 is 0 Å². The largest absolute Gasteiger partial charge is 0.396 e. The van der Waals surface area contributed by atoms with Crippen LogP contribution in [-0.4, -0.2) is 24.4 Å². The standard InChI is InChI=1S/C13H26O2/c1-2-3-4-5-6-9-13-12(11-14)8-7-10-15-13/h12-14H,2-11H2,1H3. The van der Waals surface area contributed by atoms with Crippen LogP contribution in [0.15, 0.2) is 0 Å². The van der Waals surface area contributed by atoms with Crippen LogP contribution in [0.25, 0.3) is 0 Å². The number of rotatable bonds is 7. The van der Waals surface area contributed by atoms with Gasteiger partial charge >= 0.3 is 0 Å². The van der Waals surface area contributed by atoms with E-state index in [-0.39, 0.29) is 0 Å². The second-order valence-corrected chi connectivity index (χ2v) is 4.70. The van der Waals surface area contributed by atoms with Crippen molar-refractivity contribution in [2.45, 2.75) is 64.4 Å². The van der Waals surface area contributed by atoms with Crippen LogP contribution in [-0.2, 0) is 4.74 Å². The topological polar surface area (TPSA) is 29.5 Å². The van der Waals surface area contributed by atoms with Crippen molar-refractivity contribution in [1.29, 1.82) is 0 Å². The van der Waals surface area contributed by atoms with Gasteiger partial charge in [0.05, 0.1) is 6.10 Å². The third-order valence-electron chi connectivity index (χ3n) is 3.40. The Hall–Kier alpha value is -0.0800. The Balaban J connectivity index is 2.07. The van der Waals surface area contributed by atoms with Crippen LogP contribution in [0.5, 0.6) is 0 Å². The van der Waals surface area contributed by atoms with Crippen molar-refractivity contribution in [3.8, 4) is 0 Å². The molecule has 0 saturated carbocycles. The lowest BCUT2D eigenvalue weighted by molar-refractivity contribution is -0.0484. The van der Waals surface area contributed by atoms with Crippen LogP contribution in [0, 0.1) is 5.92 Å². The minimum Gasteiger partial charge on any atom is -0.396 e. The average Bonchev–Trinajstić information content (AvgIpc) is 2.29. The average molecular weight is 214 g/mol. The van der Waals surface area contributed by atoms with E-state index in [1.807, 2.05) is 0 Å². The van der Waals surface area contributed by atoms with Gasteiger partial charge in [-0.3, -0.25) is 0 Å². The second kappa shape index (κ2) is 8.12. The molecule has 2 atom stereocenters. The molecule has 0 aliphatic carbocycles. The Morgan fingerprint density at radius 3 is 2.73 bits per heavy atom. The molecular weight excluding hydrogens is 188 g/mol. The summed E-state index contributed by atoms with van der Waals surface area (Å²) < 4.78 is 5.73. The van der Waals surface area contributed by atoms with Crippen LogP contribution in [0.2, 0.25) is 0 Å². The first-order valence-corrected chi connectivity index (χ1v) is 6.61. The molecule has 2 heteroatoms. The first kappa shape index (κ1) is 13.0. The fraction of sp³-hybridized carbons (Fsp3) is 1.00. The summed E-state index contributed by atoms with van der Waals surface area (Å²) in [7, 11) is 0. The van der Waals surface area contributed by atoms with Gasteiger partial charge in [0, 0.05) is 19.1 Å². The highest BCUT2D eigenvalue weighted by molar-refractivity contribution is 4.73. The predicted octanol–water partition coefficient (Wildman–Crippen LogP) is 3.13. The number of ether oxygens (including phenoxy) is 1. The maximum atomic E-state index is 9.22. The van der Waals surface area contributed by atoms with Gasteiger partial charge in [0.25, 0.3) is 0 Å². The van der Waals surface area contributed by atoms with Crippen LogP contribution >= 0.6 is 0 Å². The van der Waals surface area contributed by atoms with Gasteiger partial charge in [0.1, 0.15) is 0 Å². The molecule has 90 valence electrons. The summed E-state index contributed by atoms with van der Waals surface area (Å²) in [6.45, 7) is 3.45. The quantitative estimate of drug-likeness (QED) is 0.660. The number of unbranched alkanes of at least 4 members (excludes halogenated alkanes) is 4. The van der Waals surface area contributed by atoms with Crippen molar-refractivity contribution in [3.05, 3.63) is 0 Å². The molecule has 2 nitrogen and oxygen atoms in total. The molecule has 0 radical (unpaired) electrons. The third kappa shape index (κ3) is 4.98. The molecule has 1 rings (SSSR count). The second-order valence-electron chi connectivity index (χ2n) is 4.70. The van der Waals surface area contributed by atoms with Gasteiger partial charge in [-0.25, -0.2) is 0 Å². The maximum Gasteiger partial charge on any atom is 0.0625 e. The highest BCUT2D eigenvalue weighted by Gasteiger charge is 2.24. The summed E-state index contributed by atoms with van der Waals surface area (Å²) in [5.74, 6) is 0.407. The van der Waals surface area contributed by atoms with E-state index in [1.165, 1.54) is 32.1 Å². The zero-order valence-electron chi connectivity index (χ0n) is 10.1. The van der Waals surface area contributed by atoms with Crippen LogP contribution in [0.1, 0.15) is 58.3 Å². The molecule has 1 N–H and O–H groups in total. The lowest BCUT2D eigenvalue weighted by Gasteiger charge is -2.30. The van der Waals surface area contributed by atoms with Crippen molar-refractivity contribution in [2.75, 3.05) is 13.2 Å². The monoisotopic (exact) mass is 214 g/mol. The van der Waals surface area contributed by atoms with E-state index in [4.69, 9.17) is 4.74 Å². The third-order valence-corrected chi connectivity index (χ3v) is 3.40. The lowest BCUT2D eigenvalue weighted by Crippen LogP contribution is -2.31. The fourth-order valence-corrected chi connectivity index (χ4v) is 2.38. The maximum absolute atomic E-state index is 9.22. The van der Waals surface area contributed by atoms with Crippen LogP contribution in [0.3, 0.4) is 0 Å². The Bertz CT molecular complexity index is 147. The summed E-state index contributed by atoms with van der Waals surface area (Å²) in [4.78, 5) is 0. The van der Waals surface area contributed by atoms with E-state index in [9.17, 15) is 5.11 Å². The van der Waals surface area contributed by atoms with Crippen molar-refractivity contribution in [3.63, 3.8) is 0 Å². The molecule has 1 aliphatic heterocycles. The number of hydrogen-bond donors (Lipinski definition) is 1. The molecule has 0 aromatic carbocycles. The van der Waals surface area contributed by atoms with Gasteiger partial charge in [-0.05, 0) is 19.3 Å². The van der Waals surface area contributed by atoms with Crippen molar-refractivity contribution < 1.29 is 9.84 Å². The summed E-state index contributed by atoms with van der Waals surface area (Å²) in [5, 5.41) is 9.22. The molecule has 15 heavy (non-hydrogen) atoms. The first-order chi connectivity index (χ1) is 7.38. The van der Waals surface area contributed by atoms with E-state index in [1.54, 1.807) is 0 Å². The zero-order valence-corrected chi connectivity index (χ0v) is 10.1. The van der Waals surface area contributed by atoms with Crippen molar-refractivity contribution >= 4 is 0 Å². The molecular formula is C13H26O2. The van der Waals surface area contributed by atoms with E-state index < -0.39 is 0 Å². The molecule has 1 heterocycles. The fourth-order valence-electron chi connectivity index (χ4n) is 2.38. The molecule has 0 amide bonds. The SMILES string of the molecule is CCCCCCCC1OCCCC1CO. The summed E-state index contributed by atoms with van der Waals surface area (Å²) >= 11 is 0. The molecule has 2 unspecified atom stereocenters. The molecule has 1 aliphatic rings. The zero-order chi connectivity index (χ0) is 10.9. The van der Waals surface area contributed by atoms with Gasteiger partial charge in [-0.2, -0.15) is 0 Å². The molecule has 0 aromatic heterocycles. The number of aliphatic hydroxyl groups is 1. The highest BCUT2D eigenvalue weighted by atomic mass is 16.5. The summed E-state index contributed by atoms with van der Waals surface area (Å²) in [5.41, 5.74) is 0. The first-order valence-electron chi connectivity index (χ1n) is 6.61. The normalized spacial score (nSPS) is 26.8.